The third-order valence-electron chi connectivity index (χ3n) is 4.25. The van der Waals surface area contributed by atoms with Gasteiger partial charge in [0.2, 0.25) is 0 Å². The molecule has 1 amide bonds. The Bertz CT molecular complexity index is 903. The third kappa shape index (κ3) is 5.41. The van der Waals surface area contributed by atoms with Crippen LogP contribution in [0.4, 0.5) is 0 Å². The number of carbonyl (C=O) groups excluding carboxylic acids is 1. The maximum absolute atomic E-state index is 12.2. The molecule has 0 aliphatic carbocycles. The van der Waals surface area contributed by atoms with Gasteiger partial charge in [0.1, 0.15) is 5.75 Å². The lowest BCUT2D eigenvalue weighted by Gasteiger charge is -2.15. The van der Waals surface area contributed by atoms with Gasteiger partial charge in [-0.25, -0.2) is 4.98 Å². The average molecular weight is 381 g/mol. The van der Waals surface area contributed by atoms with Crippen LogP contribution in [0.2, 0.25) is 0 Å². The summed E-state index contributed by atoms with van der Waals surface area (Å²) in [6.07, 6.45) is 0.251. The highest BCUT2D eigenvalue weighted by molar-refractivity contribution is 7.09. The molecule has 0 fully saturated rings. The van der Waals surface area contributed by atoms with Crippen LogP contribution in [0.5, 0.6) is 5.75 Å². The zero-order valence-corrected chi connectivity index (χ0v) is 16.7. The number of hydrogen-bond donors (Lipinski definition) is 1. The van der Waals surface area contributed by atoms with Gasteiger partial charge in [-0.05, 0) is 50.5 Å². The number of nitrogens with zero attached hydrogens (tertiary/aromatic N) is 1. The fraction of sp³-hybridized carbons (Fsp3) is 0.273. The summed E-state index contributed by atoms with van der Waals surface area (Å²) in [5.41, 5.74) is 4.42. The molecule has 0 saturated heterocycles. The van der Waals surface area contributed by atoms with Gasteiger partial charge in [0.15, 0.2) is 6.10 Å². The van der Waals surface area contributed by atoms with Crippen molar-refractivity contribution in [3.8, 4) is 17.0 Å². The largest absolute Gasteiger partial charge is 0.481 e. The van der Waals surface area contributed by atoms with Crippen molar-refractivity contribution in [1.29, 1.82) is 0 Å². The van der Waals surface area contributed by atoms with Crippen LogP contribution in [0.15, 0.2) is 53.9 Å². The van der Waals surface area contributed by atoms with Crippen molar-refractivity contribution >= 4 is 17.2 Å². The van der Waals surface area contributed by atoms with Gasteiger partial charge < -0.3 is 10.1 Å². The van der Waals surface area contributed by atoms with Gasteiger partial charge in [-0.3, -0.25) is 4.79 Å². The normalized spacial score (nSPS) is 11.8. The smallest absolute Gasteiger partial charge is 0.260 e. The summed E-state index contributed by atoms with van der Waals surface area (Å²) in [5, 5.41) is 6.08. The Kier molecular flexibility index (Phi) is 6.24. The lowest BCUT2D eigenvalue weighted by molar-refractivity contribution is -0.127. The number of nitrogens with one attached hydrogen (secondary N) is 1. The molecule has 0 aliphatic rings. The van der Waals surface area contributed by atoms with Crippen LogP contribution in [-0.4, -0.2) is 23.5 Å². The molecule has 0 radical (unpaired) electrons. The van der Waals surface area contributed by atoms with E-state index in [1.807, 2.05) is 38.1 Å². The molecule has 1 aromatic heterocycles. The Morgan fingerprint density at radius 1 is 1.19 bits per heavy atom. The number of rotatable bonds is 7. The van der Waals surface area contributed by atoms with Gasteiger partial charge in [-0.2, -0.15) is 0 Å². The Morgan fingerprint density at radius 2 is 1.96 bits per heavy atom. The Hall–Kier alpha value is -2.66. The second kappa shape index (κ2) is 8.82. The van der Waals surface area contributed by atoms with E-state index in [0.717, 1.165) is 28.2 Å². The molecule has 5 heteroatoms. The first-order valence-electron chi connectivity index (χ1n) is 9.04. The quantitative estimate of drug-likeness (QED) is 0.654. The van der Waals surface area contributed by atoms with Gasteiger partial charge in [0.25, 0.3) is 5.91 Å². The lowest BCUT2D eigenvalue weighted by atomic mass is 10.1. The summed E-state index contributed by atoms with van der Waals surface area (Å²) >= 11 is 1.65. The number of benzene rings is 2. The van der Waals surface area contributed by atoms with Crippen molar-refractivity contribution in [2.75, 3.05) is 6.54 Å². The zero-order chi connectivity index (χ0) is 19.2. The second-order valence-corrected chi connectivity index (χ2v) is 7.63. The number of amides is 1. The molecule has 4 nitrogen and oxygen atoms in total. The fourth-order valence-corrected chi connectivity index (χ4v) is 3.38. The molecule has 3 rings (SSSR count). The summed E-state index contributed by atoms with van der Waals surface area (Å²) < 4.78 is 5.71. The summed E-state index contributed by atoms with van der Waals surface area (Å²) in [5.74, 6) is 0.608. The van der Waals surface area contributed by atoms with Crippen molar-refractivity contribution in [3.63, 3.8) is 0 Å². The number of ether oxygens (including phenoxy) is 1. The summed E-state index contributed by atoms with van der Waals surface area (Å²) in [6.45, 7) is 6.35. The van der Waals surface area contributed by atoms with Crippen molar-refractivity contribution in [2.24, 2.45) is 0 Å². The Balaban J connectivity index is 1.46. The van der Waals surface area contributed by atoms with E-state index in [4.69, 9.17) is 4.74 Å². The molecule has 1 heterocycles. The minimum Gasteiger partial charge on any atom is -0.481 e. The topological polar surface area (TPSA) is 51.2 Å². The minimum absolute atomic E-state index is 0.105. The molecular weight excluding hydrogens is 356 g/mol. The van der Waals surface area contributed by atoms with Crippen molar-refractivity contribution < 1.29 is 9.53 Å². The van der Waals surface area contributed by atoms with E-state index < -0.39 is 6.10 Å². The standard InChI is InChI=1S/C22H24N2O2S/c1-15-5-4-6-20(13-15)26-16(2)22(25)23-12-11-18-7-9-19(10-8-18)21-14-27-17(3)24-21/h4-10,13-14,16H,11-12H2,1-3H3,(H,23,25)/t16-/m1/s1. The first-order valence-corrected chi connectivity index (χ1v) is 9.92. The molecule has 0 saturated carbocycles. The summed E-state index contributed by atoms with van der Waals surface area (Å²) in [6, 6.07) is 16.0. The molecule has 3 aromatic rings. The Labute approximate surface area is 164 Å². The van der Waals surface area contributed by atoms with Crippen LogP contribution in [0.3, 0.4) is 0 Å². The van der Waals surface area contributed by atoms with Gasteiger partial charge in [-0.1, -0.05) is 36.4 Å². The highest BCUT2D eigenvalue weighted by Gasteiger charge is 2.14. The highest BCUT2D eigenvalue weighted by atomic mass is 32.1. The SMILES string of the molecule is Cc1cccc(O[C@H](C)C(=O)NCCc2ccc(-c3csc(C)n3)cc2)c1. The van der Waals surface area contributed by atoms with Crippen molar-refractivity contribution in [3.05, 3.63) is 70.0 Å². The molecule has 0 unspecified atom stereocenters. The van der Waals surface area contributed by atoms with Crippen molar-refractivity contribution in [2.45, 2.75) is 33.3 Å². The summed E-state index contributed by atoms with van der Waals surface area (Å²) in [4.78, 5) is 16.7. The van der Waals surface area contributed by atoms with E-state index in [-0.39, 0.29) is 5.91 Å². The summed E-state index contributed by atoms with van der Waals surface area (Å²) in [7, 11) is 0. The number of aromatic nitrogens is 1. The van der Waals surface area contributed by atoms with Crippen LogP contribution in [-0.2, 0) is 11.2 Å². The maximum Gasteiger partial charge on any atom is 0.260 e. The number of hydrogen-bond acceptors (Lipinski definition) is 4. The molecule has 0 aliphatic heterocycles. The number of carbonyl (C=O) groups is 1. The van der Waals surface area contributed by atoms with Crippen LogP contribution in [0.25, 0.3) is 11.3 Å². The molecular formula is C22H24N2O2S. The number of thiazole rings is 1. The highest BCUT2D eigenvalue weighted by Crippen LogP contribution is 2.21. The predicted molar refractivity (Wildman–Crippen MR) is 110 cm³/mol. The van der Waals surface area contributed by atoms with E-state index in [2.05, 4.69) is 39.9 Å². The Morgan fingerprint density at radius 3 is 2.63 bits per heavy atom. The molecule has 1 atom stereocenters. The van der Waals surface area contributed by atoms with E-state index >= 15 is 0 Å². The fourth-order valence-electron chi connectivity index (χ4n) is 2.76. The molecule has 1 N–H and O–H groups in total. The van der Waals surface area contributed by atoms with Gasteiger partial charge in [-0.15, -0.1) is 11.3 Å². The van der Waals surface area contributed by atoms with E-state index in [1.165, 1.54) is 5.56 Å². The molecule has 0 bridgehead atoms. The monoisotopic (exact) mass is 380 g/mol. The molecule has 140 valence electrons. The molecule has 0 spiro atoms. The first-order chi connectivity index (χ1) is 13.0. The maximum atomic E-state index is 12.2. The predicted octanol–water partition coefficient (Wildman–Crippen LogP) is 4.55. The van der Waals surface area contributed by atoms with E-state index in [1.54, 1.807) is 18.3 Å². The van der Waals surface area contributed by atoms with Gasteiger partial charge in [0, 0.05) is 17.5 Å². The number of aryl methyl sites for hydroxylation is 2. The van der Waals surface area contributed by atoms with Crippen LogP contribution in [0, 0.1) is 13.8 Å². The first kappa shape index (κ1) is 19.1. The zero-order valence-electron chi connectivity index (χ0n) is 15.9. The van der Waals surface area contributed by atoms with Crippen LogP contribution >= 0.6 is 11.3 Å². The molecule has 27 heavy (non-hydrogen) atoms. The van der Waals surface area contributed by atoms with Gasteiger partial charge >= 0.3 is 0 Å². The minimum atomic E-state index is -0.526. The average Bonchev–Trinajstić information content (AvgIpc) is 3.08. The van der Waals surface area contributed by atoms with Gasteiger partial charge in [0.05, 0.1) is 10.7 Å². The van der Waals surface area contributed by atoms with Crippen LogP contribution < -0.4 is 10.1 Å². The lowest BCUT2D eigenvalue weighted by Crippen LogP contribution is -2.37. The van der Waals surface area contributed by atoms with E-state index in [0.29, 0.717) is 12.3 Å². The van der Waals surface area contributed by atoms with Crippen molar-refractivity contribution in [1.82, 2.24) is 10.3 Å². The van der Waals surface area contributed by atoms with Crippen LogP contribution in [0.1, 0.15) is 23.1 Å². The third-order valence-corrected chi connectivity index (χ3v) is 5.03. The second-order valence-electron chi connectivity index (χ2n) is 6.57. The van der Waals surface area contributed by atoms with E-state index in [9.17, 15) is 4.79 Å². The molecule has 2 aromatic carbocycles.